The number of carbonyl (C=O) groups is 2. The van der Waals surface area contributed by atoms with E-state index in [2.05, 4.69) is 13.8 Å². The summed E-state index contributed by atoms with van der Waals surface area (Å²) in [7, 11) is 3.18. The highest BCUT2D eigenvalue weighted by Gasteiger charge is 2.29. The summed E-state index contributed by atoms with van der Waals surface area (Å²) in [4.78, 5) is 30.0. The number of ether oxygens (including phenoxy) is 2. The lowest BCUT2D eigenvalue weighted by Crippen LogP contribution is -2.50. The smallest absolute Gasteiger partial charge is 0.257 e. The Bertz CT molecular complexity index is 1200. The van der Waals surface area contributed by atoms with Crippen LogP contribution in [0.15, 0.2) is 54.7 Å². The van der Waals surface area contributed by atoms with Crippen LogP contribution in [0.4, 0.5) is 0 Å². The first-order valence-corrected chi connectivity index (χ1v) is 12.4. The zero-order valence-electron chi connectivity index (χ0n) is 21.4. The molecule has 36 heavy (non-hydrogen) atoms. The van der Waals surface area contributed by atoms with E-state index in [9.17, 15) is 9.59 Å². The molecule has 2 amide bonds. The van der Waals surface area contributed by atoms with Crippen molar-refractivity contribution in [3.05, 3.63) is 60.3 Å². The number of piperazine rings is 1. The Balaban J connectivity index is 1.62. The van der Waals surface area contributed by atoms with Crippen LogP contribution in [0, 0.1) is 5.92 Å². The molecule has 8 heteroatoms. The van der Waals surface area contributed by atoms with Gasteiger partial charge in [-0.05, 0) is 36.6 Å². The topological polar surface area (TPSA) is 76.9 Å². The van der Waals surface area contributed by atoms with Crippen molar-refractivity contribution in [2.75, 3.05) is 40.4 Å². The normalized spacial score (nSPS) is 13.7. The summed E-state index contributed by atoms with van der Waals surface area (Å²) < 4.78 is 12.7. The third kappa shape index (κ3) is 5.53. The van der Waals surface area contributed by atoms with E-state index in [1.54, 1.807) is 36.1 Å². The second-order valence-electron chi connectivity index (χ2n) is 9.34. The predicted octanol–water partition coefficient (Wildman–Crippen LogP) is 4.28. The van der Waals surface area contributed by atoms with Crippen molar-refractivity contribution in [3.63, 3.8) is 0 Å². The first-order valence-electron chi connectivity index (χ1n) is 12.4. The molecule has 4 rings (SSSR count). The molecule has 190 valence electrons. The molecule has 1 aromatic heterocycles. The Morgan fingerprint density at radius 2 is 1.64 bits per heavy atom. The molecule has 2 aromatic carbocycles. The summed E-state index contributed by atoms with van der Waals surface area (Å²) >= 11 is 0. The van der Waals surface area contributed by atoms with Crippen molar-refractivity contribution in [2.24, 2.45) is 5.92 Å². The van der Waals surface area contributed by atoms with Gasteiger partial charge in [0.05, 0.1) is 25.5 Å². The van der Waals surface area contributed by atoms with Crippen LogP contribution in [0.3, 0.4) is 0 Å². The minimum Gasteiger partial charge on any atom is -0.497 e. The van der Waals surface area contributed by atoms with Crippen LogP contribution < -0.4 is 9.47 Å². The van der Waals surface area contributed by atoms with Gasteiger partial charge >= 0.3 is 0 Å². The SMILES string of the molecule is COc1ccc(-c2nn(-c3ccccc3)cc2C(=O)N2CCN(C(=O)CCC(C)C)CC2)c(OC)c1. The summed E-state index contributed by atoms with van der Waals surface area (Å²) in [5.74, 6) is 1.77. The maximum Gasteiger partial charge on any atom is 0.257 e. The van der Waals surface area contributed by atoms with Crippen molar-refractivity contribution < 1.29 is 19.1 Å². The number of methoxy groups -OCH3 is 2. The van der Waals surface area contributed by atoms with E-state index in [-0.39, 0.29) is 11.8 Å². The van der Waals surface area contributed by atoms with Crippen LogP contribution in [-0.4, -0.2) is 71.8 Å². The number of hydrogen-bond donors (Lipinski definition) is 0. The number of rotatable bonds is 8. The number of hydrogen-bond acceptors (Lipinski definition) is 5. The molecule has 1 saturated heterocycles. The van der Waals surface area contributed by atoms with Crippen molar-refractivity contribution in [1.29, 1.82) is 0 Å². The Kier molecular flexibility index (Phi) is 7.93. The summed E-state index contributed by atoms with van der Waals surface area (Å²) in [5.41, 5.74) is 2.59. The lowest BCUT2D eigenvalue weighted by atomic mass is 10.1. The molecular weight excluding hydrogens is 456 g/mol. The zero-order chi connectivity index (χ0) is 25.7. The predicted molar refractivity (Wildman–Crippen MR) is 139 cm³/mol. The van der Waals surface area contributed by atoms with E-state index in [0.717, 1.165) is 12.1 Å². The summed E-state index contributed by atoms with van der Waals surface area (Å²) in [6, 6.07) is 15.2. The number of para-hydroxylation sites is 1. The van der Waals surface area contributed by atoms with Crippen LogP contribution in [-0.2, 0) is 4.79 Å². The molecule has 0 saturated carbocycles. The number of benzene rings is 2. The molecule has 1 aliphatic rings. The third-order valence-electron chi connectivity index (χ3n) is 6.48. The fourth-order valence-corrected chi connectivity index (χ4v) is 4.34. The Morgan fingerprint density at radius 3 is 2.28 bits per heavy atom. The van der Waals surface area contributed by atoms with Gasteiger partial charge in [-0.15, -0.1) is 0 Å². The van der Waals surface area contributed by atoms with Crippen molar-refractivity contribution in [3.8, 4) is 28.4 Å². The maximum absolute atomic E-state index is 13.8. The second-order valence-corrected chi connectivity index (χ2v) is 9.34. The average Bonchev–Trinajstić information content (AvgIpc) is 3.36. The van der Waals surface area contributed by atoms with Gasteiger partial charge in [0.25, 0.3) is 5.91 Å². The minimum atomic E-state index is -0.112. The average molecular weight is 491 g/mol. The zero-order valence-corrected chi connectivity index (χ0v) is 21.4. The number of carbonyl (C=O) groups excluding carboxylic acids is 2. The first-order chi connectivity index (χ1) is 17.4. The molecule has 0 radical (unpaired) electrons. The highest BCUT2D eigenvalue weighted by molar-refractivity contribution is 6.00. The summed E-state index contributed by atoms with van der Waals surface area (Å²) in [6.07, 6.45) is 3.21. The maximum atomic E-state index is 13.8. The Hall–Kier alpha value is -3.81. The fraction of sp³-hybridized carbons (Fsp3) is 0.393. The highest BCUT2D eigenvalue weighted by Crippen LogP contribution is 2.35. The minimum absolute atomic E-state index is 0.112. The van der Waals surface area contributed by atoms with Crippen LogP contribution in [0.25, 0.3) is 16.9 Å². The molecule has 3 aromatic rings. The standard InChI is InChI=1S/C28H34N4O4/c1-20(2)10-13-26(33)30-14-16-31(17-15-30)28(34)24-19-32(21-8-6-5-7-9-21)29-27(24)23-12-11-22(35-3)18-25(23)36-4/h5-9,11-12,18-20H,10,13-17H2,1-4H3. The molecule has 0 bridgehead atoms. The first kappa shape index (κ1) is 25.3. The van der Waals surface area contributed by atoms with Gasteiger partial charge in [0.15, 0.2) is 0 Å². The number of amides is 2. The van der Waals surface area contributed by atoms with Gasteiger partial charge in [0.1, 0.15) is 17.2 Å². The monoisotopic (exact) mass is 490 g/mol. The third-order valence-corrected chi connectivity index (χ3v) is 6.48. The van der Waals surface area contributed by atoms with Crippen LogP contribution in [0.5, 0.6) is 11.5 Å². The molecule has 1 fully saturated rings. The van der Waals surface area contributed by atoms with Crippen LogP contribution in [0.1, 0.15) is 37.0 Å². The van der Waals surface area contributed by atoms with Crippen LogP contribution >= 0.6 is 0 Å². The fourth-order valence-electron chi connectivity index (χ4n) is 4.34. The molecule has 0 atom stereocenters. The van der Waals surface area contributed by atoms with Crippen molar-refractivity contribution in [1.82, 2.24) is 19.6 Å². The summed E-state index contributed by atoms with van der Waals surface area (Å²) in [5, 5.41) is 4.80. The number of aromatic nitrogens is 2. The lowest BCUT2D eigenvalue weighted by Gasteiger charge is -2.35. The Morgan fingerprint density at radius 1 is 0.944 bits per heavy atom. The van der Waals surface area contributed by atoms with E-state index >= 15 is 0 Å². The molecule has 8 nitrogen and oxygen atoms in total. The van der Waals surface area contributed by atoms with Gasteiger partial charge in [0, 0.05) is 50.4 Å². The number of nitrogens with zero attached hydrogens (tertiary/aromatic N) is 4. The molecule has 0 unspecified atom stereocenters. The van der Waals surface area contributed by atoms with Crippen molar-refractivity contribution >= 4 is 11.8 Å². The van der Waals surface area contributed by atoms with E-state index in [1.165, 1.54) is 0 Å². The quantitative estimate of drug-likeness (QED) is 0.471. The lowest BCUT2D eigenvalue weighted by molar-refractivity contribution is -0.132. The van der Waals surface area contributed by atoms with Gasteiger partial charge in [-0.25, -0.2) is 4.68 Å². The van der Waals surface area contributed by atoms with E-state index in [1.807, 2.05) is 47.4 Å². The van der Waals surface area contributed by atoms with Crippen LogP contribution in [0.2, 0.25) is 0 Å². The summed E-state index contributed by atoms with van der Waals surface area (Å²) in [6.45, 7) is 6.29. The molecular formula is C28H34N4O4. The van der Waals surface area contributed by atoms with E-state index < -0.39 is 0 Å². The van der Waals surface area contributed by atoms with Gasteiger partial charge < -0.3 is 19.3 Å². The highest BCUT2D eigenvalue weighted by atomic mass is 16.5. The van der Waals surface area contributed by atoms with Gasteiger partial charge in [0.2, 0.25) is 5.91 Å². The molecule has 0 spiro atoms. The van der Waals surface area contributed by atoms with Crippen molar-refractivity contribution in [2.45, 2.75) is 26.7 Å². The van der Waals surface area contributed by atoms with E-state index in [0.29, 0.717) is 66.8 Å². The molecule has 0 aliphatic carbocycles. The largest absolute Gasteiger partial charge is 0.497 e. The molecule has 0 N–H and O–H groups in total. The van der Waals surface area contributed by atoms with Gasteiger partial charge in [-0.1, -0.05) is 32.0 Å². The van der Waals surface area contributed by atoms with E-state index in [4.69, 9.17) is 14.6 Å². The van der Waals surface area contributed by atoms with Gasteiger partial charge in [-0.3, -0.25) is 9.59 Å². The van der Waals surface area contributed by atoms with Gasteiger partial charge in [-0.2, -0.15) is 5.10 Å². The molecule has 2 heterocycles. The second kappa shape index (κ2) is 11.3. The molecule has 1 aliphatic heterocycles. The Labute approximate surface area is 212 Å².